The minimum atomic E-state index is -2.53. The van der Waals surface area contributed by atoms with Crippen LogP contribution in [-0.2, 0) is 15.9 Å². The number of nitrogens with zero attached hydrogens (tertiary/aromatic N) is 5. The van der Waals surface area contributed by atoms with Gasteiger partial charge in [-0.1, -0.05) is 54.1 Å². The summed E-state index contributed by atoms with van der Waals surface area (Å²) in [6.07, 6.45) is 10.5. The molecule has 4 heterocycles. The third-order valence-electron chi connectivity index (χ3n) is 10.8. The molecule has 0 unspecified atom stereocenters. The number of anilines is 5. The van der Waals surface area contributed by atoms with E-state index in [0.717, 1.165) is 93.7 Å². The maximum Gasteiger partial charge on any atom is 0.229 e. The number of halogens is 1. The summed E-state index contributed by atoms with van der Waals surface area (Å²) in [6, 6.07) is 20.4. The van der Waals surface area contributed by atoms with E-state index in [0.29, 0.717) is 46.5 Å². The van der Waals surface area contributed by atoms with E-state index in [1.807, 2.05) is 48.4 Å². The highest BCUT2D eigenvalue weighted by atomic mass is 35.5. The molecule has 0 spiro atoms. The van der Waals surface area contributed by atoms with E-state index < -0.39 is 7.14 Å². The van der Waals surface area contributed by atoms with Crippen molar-refractivity contribution in [3.63, 3.8) is 0 Å². The summed E-state index contributed by atoms with van der Waals surface area (Å²) in [7, 11) is -0.859. The lowest BCUT2D eigenvalue weighted by Crippen LogP contribution is -2.53. The van der Waals surface area contributed by atoms with Gasteiger partial charge in [-0.05, 0) is 81.0 Å². The summed E-state index contributed by atoms with van der Waals surface area (Å²) in [5.74, 6) is 3.50. The van der Waals surface area contributed by atoms with Crippen molar-refractivity contribution in [3.8, 4) is 5.75 Å². The van der Waals surface area contributed by atoms with Gasteiger partial charge in [0.1, 0.15) is 23.6 Å². The number of unbranched alkanes of at least 4 members (excludes halogenated alkanes) is 1. The molecule has 3 aliphatic heterocycles. The summed E-state index contributed by atoms with van der Waals surface area (Å²) < 4.78 is 18.7. The molecule has 11 nitrogen and oxygen atoms in total. The molecule has 1 aromatic heterocycles. The van der Waals surface area contributed by atoms with Gasteiger partial charge in [0, 0.05) is 74.5 Å². The van der Waals surface area contributed by atoms with Crippen LogP contribution in [0.4, 0.5) is 28.8 Å². The van der Waals surface area contributed by atoms with E-state index in [4.69, 9.17) is 16.3 Å². The number of nitrogens with one attached hydrogen (secondary N) is 3. The van der Waals surface area contributed by atoms with Gasteiger partial charge in [-0.2, -0.15) is 4.98 Å². The fourth-order valence-electron chi connectivity index (χ4n) is 7.83. The number of benzene rings is 3. The van der Waals surface area contributed by atoms with Crippen molar-refractivity contribution in [2.75, 3.05) is 81.8 Å². The molecular formula is C42H50ClN8O3P. The smallest absolute Gasteiger partial charge is 0.229 e. The van der Waals surface area contributed by atoms with Gasteiger partial charge in [0.2, 0.25) is 5.95 Å². The first kappa shape index (κ1) is 38.6. The molecule has 3 N–H and O–H groups in total. The first-order valence-electron chi connectivity index (χ1n) is 19.1. The van der Waals surface area contributed by atoms with E-state index in [1.165, 1.54) is 11.1 Å². The van der Waals surface area contributed by atoms with Gasteiger partial charge in [0.05, 0.1) is 24.7 Å². The number of rotatable bonds is 13. The molecule has 0 saturated carbocycles. The van der Waals surface area contributed by atoms with Gasteiger partial charge >= 0.3 is 0 Å². The zero-order valence-electron chi connectivity index (χ0n) is 31.9. The summed E-state index contributed by atoms with van der Waals surface area (Å²) in [5, 5.41) is 10.8. The fraction of sp³-hybridized carbons (Fsp3) is 0.381. The maximum absolute atomic E-state index is 12.9. The van der Waals surface area contributed by atoms with E-state index >= 15 is 0 Å². The Bertz CT molecular complexity index is 2120. The lowest BCUT2D eigenvalue weighted by Gasteiger charge is -2.43. The second-order valence-corrected chi connectivity index (χ2v) is 18.3. The van der Waals surface area contributed by atoms with Gasteiger partial charge in [-0.3, -0.25) is 4.90 Å². The molecule has 0 aliphatic carbocycles. The zero-order valence-corrected chi connectivity index (χ0v) is 33.5. The van der Waals surface area contributed by atoms with Crippen molar-refractivity contribution < 1.29 is 14.1 Å². The van der Waals surface area contributed by atoms with Crippen LogP contribution in [0.25, 0.3) is 11.8 Å². The fourth-order valence-corrected chi connectivity index (χ4v) is 9.13. The summed E-state index contributed by atoms with van der Waals surface area (Å²) in [4.78, 5) is 28.0. The first-order chi connectivity index (χ1) is 26.7. The van der Waals surface area contributed by atoms with Crippen LogP contribution >= 0.6 is 18.7 Å². The molecule has 2 fully saturated rings. The molecule has 3 aromatic carbocycles. The number of allylic oxidation sites excluding steroid dienone is 1. The molecule has 4 aromatic rings. The van der Waals surface area contributed by atoms with Crippen molar-refractivity contribution in [2.24, 2.45) is 0 Å². The van der Waals surface area contributed by atoms with Crippen LogP contribution in [0.15, 0.2) is 72.9 Å². The molecule has 3 aliphatic rings. The van der Waals surface area contributed by atoms with Crippen LogP contribution in [0.5, 0.6) is 5.75 Å². The predicted molar refractivity (Wildman–Crippen MR) is 226 cm³/mol. The minimum Gasteiger partial charge on any atom is -0.494 e. The molecule has 13 heteroatoms. The van der Waals surface area contributed by atoms with Crippen molar-refractivity contribution in [1.82, 2.24) is 25.1 Å². The van der Waals surface area contributed by atoms with Crippen LogP contribution in [0, 0.1) is 0 Å². The number of piperazine rings is 1. The number of para-hydroxylation sites is 1. The normalized spacial score (nSPS) is 16.9. The van der Waals surface area contributed by atoms with E-state index in [2.05, 4.69) is 71.0 Å². The maximum atomic E-state index is 12.9. The topological polar surface area (TPSA) is 115 Å². The number of hydrogen-bond donors (Lipinski definition) is 3. The third kappa shape index (κ3) is 9.26. The van der Waals surface area contributed by atoms with Gasteiger partial charge in [0.15, 0.2) is 11.8 Å². The third-order valence-corrected chi connectivity index (χ3v) is 12.7. The molecule has 0 bridgehead atoms. The van der Waals surface area contributed by atoms with E-state index in [9.17, 15) is 9.36 Å². The number of ether oxygens (including phenoxy) is 1. The Morgan fingerprint density at radius 3 is 2.56 bits per heavy atom. The van der Waals surface area contributed by atoms with Crippen LogP contribution in [0.3, 0.4) is 0 Å². The van der Waals surface area contributed by atoms with E-state index in [1.54, 1.807) is 26.6 Å². The molecule has 2 saturated heterocycles. The van der Waals surface area contributed by atoms with Crippen molar-refractivity contribution in [2.45, 2.75) is 38.3 Å². The second kappa shape index (κ2) is 17.4. The van der Waals surface area contributed by atoms with E-state index in [-0.39, 0.29) is 0 Å². The summed E-state index contributed by atoms with van der Waals surface area (Å²) in [5.41, 5.74) is 6.49. The molecule has 55 heavy (non-hydrogen) atoms. The predicted octanol–water partition coefficient (Wildman–Crippen LogP) is 7.23. The highest BCUT2D eigenvalue weighted by molar-refractivity contribution is 7.70. The number of carbonyl (C=O) groups excluding carboxylic acids is 1. The molecule has 7 rings (SSSR count). The molecule has 0 radical (unpaired) electrons. The number of aromatic nitrogens is 2. The Kier molecular flexibility index (Phi) is 12.3. The van der Waals surface area contributed by atoms with Crippen molar-refractivity contribution in [3.05, 3.63) is 94.6 Å². The second-order valence-electron chi connectivity index (χ2n) is 14.7. The Morgan fingerprint density at radius 1 is 1.00 bits per heavy atom. The summed E-state index contributed by atoms with van der Waals surface area (Å²) >= 11 is 6.48. The quantitative estimate of drug-likeness (QED) is 0.0726. The highest BCUT2D eigenvalue weighted by Gasteiger charge is 2.28. The van der Waals surface area contributed by atoms with Crippen LogP contribution in [0.2, 0.25) is 5.02 Å². The lowest BCUT2D eigenvalue weighted by molar-refractivity contribution is 0.0845. The Morgan fingerprint density at radius 2 is 1.80 bits per heavy atom. The molecule has 0 amide bonds. The van der Waals surface area contributed by atoms with Crippen LogP contribution in [0.1, 0.15) is 42.4 Å². The largest absolute Gasteiger partial charge is 0.494 e. The Labute approximate surface area is 329 Å². The first-order valence-corrected chi connectivity index (χ1v) is 22.1. The van der Waals surface area contributed by atoms with Gasteiger partial charge in [-0.15, -0.1) is 0 Å². The van der Waals surface area contributed by atoms with Gasteiger partial charge in [-0.25, -0.2) is 9.78 Å². The minimum absolute atomic E-state index is 0.356. The highest BCUT2D eigenvalue weighted by Crippen LogP contribution is 2.39. The zero-order chi connectivity index (χ0) is 38.4. The van der Waals surface area contributed by atoms with Crippen molar-refractivity contribution >= 4 is 70.6 Å². The average molecular weight is 781 g/mol. The van der Waals surface area contributed by atoms with Gasteiger partial charge < -0.3 is 35.1 Å². The number of hydrogen-bond acceptors (Lipinski definition) is 11. The number of fused-ring (bicyclic) bond motifs is 1. The number of methoxy groups -OCH3 is 1. The Balaban J connectivity index is 0.870. The lowest BCUT2D eigenvalue weighted by atomic mass is 10.0. The molecule has 288 valence electrons. The Hall–Kier alpha value is -4.63. The van der Waals surface area contributed by atoms with Gasteiger partial charge in [0.25, 0.3) is 0 Å². The number of piperidine rings is 1. The standard InChI is InChI=1S/C42H50ClN8O3P/c1-54-39-26-32(15-16-36(39)47-42-45-28-35(43)41(48-42)46-37-13-6-7-14-40(37)55(2,3)53)50-20-17-31(18-21-50)51-24-22-49(23-25-51)19-8-4-5-10-30-11-9-12-33-34(30)27-44-38(33)29-52/h5-7,9-16,26,28,31,44H,4,8,17-25,27H2,1-3H3,(H2,45,46,47,48). The van der Waals surface area contributed by atoms with Crippen molar-refractivity contribution in [1.29, 1.82) is 0 Å². The molecule has 0 atom stereocenters. The molecular weight excluding hydrogens is 731 g/mol. The van der Waals surface area contributed by atoms with Crippen LogP contribution in [-0.4, -0.2) is 98.0 Å². The van der Waals surface area contributed by atoms with Crippen LogP contribution < -0.4 is 30.9 Å². The average Bonchev–Trinajstić information content (AvgIpc) is 3.63. The summed E-state index contributed by atoms with van der Waals surface area (Å²) in [6.45, 7) is 11.8. The SMILES string of the molecule is COc1cc(N2CCC(N3CCN(CCCC=Cc4cccc5c4CNC5=C=O)CC3)CC2)ccc1Nc1ncc(Cl)c(Nc2ccccc2P(C)(C)=O)n1. The monoisotopic (exact) mass is 780 g/mol.